The van der Waals surface area contributed by atoms with Crippen LogP contribution in [0.5, 0.6) is 0 Å². The summed E-state index contributed by atoms with van der Waals surface area (Å²) in [6.45, 7) is 6.54. The van der Waals surface area contributed by atoms with Gasteiger partial charge in [0.15, 0.2) is 24.3 Å². The van der Waals surface area contributed by atoms with Gasteiger partial charge < -0.3 is 28.4 Å². The summed E-state index contributed by atoms with van der Waals surface area (Å²) in [5.74, 6) is -4.84. The van der Waals surface area contributed by atoms with E-state index in [1.807, 2.05) is 0 Å². The van der Waals surface area contributed by atoms with E-state index in [1.165, 1.54) is 19.1 Å². The molecule has 0 N–H and O–H groups in total. The minimum Gasteiger partial charge on any atom is -0.454 e. The van der Waals surface area contributed by atoms with Gasteiger partial charge in [-0.15, -0.1) is 0 Å². The predicted octanol–water partition coefficient (Wildman–Crippen LogP) is 3.92. The molecule has 15 heteroatoms. The second kappa shape index (κ2) is 9.63. The number of carbonyl (C=O) groups excluding carboxylic acids is 3. The molecule has 6 atom stereocenters. The maximum atomic E-state index is 12.7. The average molecular weight is 570 g/mol. The van der Waals surface area contributed by atoms with E-state index in [-0.39, 0.29) is 5.56 Å². The largest absolute Gasteiger partial charge is 0.454 e. The minimum atomic E-state index is -5.85. The highest BCUT2D eigenvalue weighted by Crippen LogP contribution is 2.47. The van der Waals surface area contributed by atoms with Crippen LogP contribution in [-0.4, -0.2) is 67.1 Å². The molecule has 0 aliphatic carbocycles. The Morgan fingerprint density at radius 2 is 1.56 bits per heavy atom. The van der Waals surface area contributed by atoms with Crippen molar-refractivity contribution >= 4 is 17.9 Å². The van der Waals surface area contributed by atoms with Crippen LogP contribution < -0.4 is 0 Å². The molecule has 3 heterocycles. The van der Waals surface area contributed by atoms with Crippen molar-refractivity contribution < 1.29 is 69.1 Å². The third kappa shape index (κ3) is 5.43. The smallest absolute Gasteiger partial charge is 0.434 e. The summed E-state index contributed by atoms with van der Waals surface area (Å²) in [4.78, 5) is 36.8. The fraction of sp³-hybridized carbons (Fsp3) is 0.625. The van der Waals surface area contributed by atoms with Crippen LogP contribution in [0.2, 0.25) is 0 Å². The van der Waals surface area contributed by atoms with Crippen LogP contribution in [0, 0.1) is 5.41 Å². The number of benzene rings is 1. The van der Waals surface area contributed by atoms with E-state index in [0.717, 1.165) is 12.1 Å². The summed E-state index contributed by atoms with van der Waals surface area (Å²) in [5, 5.41) is 0. The molecular formula is C24H24F6O9. The van der Waals surface area contributed by atoms with Gasteiger partial charge in [0.1, 0.15) is 6.10 Å². The topological polar surface area (TPSA) is 107 Å². The van der Waals surface area contributed by atoms with Crippen LogP contribution in [0.4, 0.5) is 26.3 Å². The van der Waals surface area contributed by atoms with Crippen LogP contribution in [-0.2, 0) is 43.8 Å². The average Bonchev–Trinajstić information content (AvgIpc) is 3.43. The van der Waals surface area contributed by atoms with Crippen molar-refractivity contribution in [2.75, 3.05) is 0 Å². The first kappa shape index (κ1) is 29.1. The Kier molecular flexibility index (Phi) is 7.18. The maximum Gasteiger partial charge on any atom is 0.434 e. The van der Waals surface area contributed by atoms with Gasteiger partial charge in [-0.25, -0.2) is 9.59 Å². The molecule has 3 aliphatic heterocycles. The molecule has 0 saturated carbocycles. The Morgan fingerprint density at radius 3 is 2.10 bits per heavy atom. The molecule has 1 aromatic rings. The number of halogens is 6. The monoisotopic (exact) mass is 570 g/mol. The number of hydrogen-bond acceptors (Lipinski definition) is 9. The minimum absolute atomic E-state index is 0.216. The summed E-state index contributed by atoms with van der Waals surface area (Å²) < 4.78 is 108. The van der Waals surface area contributed by atoms with Crippen molar-refractivity contribution in [1.29, 1.82) is 0 Å². The Balaban J connectivity index is 1.43. The van der Waals surface area contributed by atoms with E-state index < -0.39 is 83.8 Å². The number of carbonyl (C=O) groups is 3. The van der Waals surface area contributed by atoms with E-state index in [0.29, 0.717) is 6.42 Å². The lowest BCUT2D eigenvalue weighted by Crippen LogP contribution is -2.45. The van der Waals surface area contributed by atoms with Crippen molar-refractivity contribution in [3.05, 3.63) is 35.4 Å². The van der Waals surface area contributed by atoms with Crippen LogP contribution in [0.1, 0.15) is 50.0 Å². The Morgan fingerprint density at radius 1 is 0.974 bits per heavy atom. The van der Waals surface area contributed by atoms with Crippen LogP contribution in [0.15, 0.2) is 24.3 Å². The molecule has 3 saturated heterocycles. The highest BCUT2D eigenvalue weighted by Gasteiger charge is 2.65. The first-order valence-electron chi connectivity index (χ1n) is 11.7. The standard InChI is InChI=1S/C24H24F6O9/c1-5-21(2,3)20(33)36-14-12-13(34-17(14)32)15-18(35-12)39-22(4,38-15)11-8-6-10(7-9-11)16(31)37-19(23(25,26)27)24(28,29)30/h6-9,12-15,18-19H,5H2,1-4H3. The number of esters is 3. The fourth-order valence-corrected chi connectivity index (χ4v) is 4.16. The van der Waals surface area contributed by atoms with Gasteiger partial charge in [-0.05, 0) is 39.3 Å². The summed E-state index contributed by atoms with van der Waals surface area (Å²) in [5.41, 5.74) is -1.22. The van der Waals surface area contributed by atoms with E-state index >= 15 is 0 Å². The molecular weight excluding hydrogens is 546 g/mol. The van der Waals surface area contributed by atoms with Crippen molar-refractivity contribution in [3.63, 3.8) is 0 Å². The van der Waals surface area contributed by atoms with E-state index in [4.69, 9.17) is 23.7 Å². The van der Waals surface area contributed by atoms with Gasteiger partial charge in [0.05, 0.1) is 11.0 Å². The predicted molar refractivity (Wildman–Crippen MR) is 114 cm³/mol. The lowest BCUT2D eigenvalue weighted by molar-refractivity contribution is -0.307. The maximum absolute atomic E-state index is 12.7. The molecule has 39 heavy (non-hydrogen) atoms. The normalized spacial score (nSPS) is 30.6. The number of alkyl halides is 6. The van der Waals surface area contributed by atoms with Gasteiger partial charge in [0.2, 0.25) is 6.10 Å². The van der Waals surface area contributed by atoms with Crippen molar-refractivity contribution in [1.82, 2.24) is 0 Å². The van der Waals surface area contributed by atoms with Crippen LogP contribution in [0.25, 0.3) is 0 Å². The molecule has 0 amide bonds. The third-order valence-electron chi connectivity index (χ3n) is 6.83. The fourth-order valence-electron chi connectivity index (χ4n) is 4.16. The van der Waals surface area contributed by atoms with Crippen LogP contribution >= 0.6 is 0 Å². The molecule has 1 aromatic carbocycles. The summed E-state index contributed by atoms with van der Waals surface area (Å²) in [6, 6.07) is 4.25. The molecule has 9 nitrogen and oxygen atoms in total. The molecule has 216 valence electrons. The molecule has 3 aliphatic rings. The zero-order valence-corrected chi connectivity index (χ0v) is 20.9. The van der Waals surface area contributed by atoms with Gasteiger partial charge in [-0.1, -0.05) is 19.1 Å². The van der Waals surface area contributed by atoms with Crippen molar-refractivity contribution in [3.8, 4) is 0 Å². The lowest BCUT2D eigenvalue weighted by Gasteiger charge is -2.27. The Labute approximate surface area is 217 Å². The molecule has 4 rings (SSSR count). The molecule has 6 unspecified atom stereocenters. The Bertz CT molecular complexity index is 1120. The lowest BCUT2D eigenvalue weighted by atomic mass is 9.90. The molecule has 0 bridgehead atoms. The zero-order chi connectivity index (χ0) is 29.1. The van der Waals surface area contributed by atoms with Crippen LogP contribution in [0.3, 0.4) is 0 Å². The number of rotatable bonds is 6. The second-order valence-electron chi connectivity index (χ2n) is 10.0. The van der Waals surface area contributed by atoms with Gasteiger partial charge in [-0.2, -0.15) is 26.3 Å². The molecule has 3 fully saturated rings. The van der Waals surface area contributed by atoms with E-state index in [9.17, 15) is 40.7 Å². The highest BCUT2D eigenvalue weighted by atomic mass is 19.4. The second-order valence-corrected chi connectivity index (χ2v) is 10.0. The number of fused-ring (bicyclic) bond motifs is 3. The molecule has 0 aromatic heterocycles. The van der Waals surface area contributed by atoms with Gasteiger partial charge in [0, 0.05) is 5.56 Å². The van der Waals surface area contributed by atoms with Crippen molar-refractivity contribution in [2.24, 2.45) is 5.41 Å². The highest BCUT2D eigenvalue weighted by molar-refractivity contribution is 5.89. The number of ether oxygens (including phenoxy) is 6. The number of hydrogen-bond donors (Lipinski definition) is 0. The van der Waals surface area contributed by atoms with Gasteiger partial charge in [0.25, 0.3) is 6.10 Å². The molecule has 0 spiro atoms. The quantitative estimate of drug-likeness (QED) is 0.286. The summed E-state index contributed by atoms with van der Waals surface area (Å²) in [6.07, 6.45) is -20.9. The molecule has 0 radical (unpaired) electrons. The van der Waals surface area contributed by atoms with E-state index in [2.05, 4.69) is 4.74 Å². The summed E-state index contributed by atoms with van der Waals surface area (Å²) >= 11 is 0. The first-order chi connectivity index (χ1) is 17.9. The third-order valence-corrected chi connectivity index (χ3v) is 6.83. The van der Waals surface area contributed by atoms with Gasteiger partial charge in [-0.3, -0.25) is 4.79 Å². The SMILES string of the molecule is CCC(C)(C)C(=O)OC1C(=O)OC2C3OC(C)(c4ccc(C(=O)OC(C(F)(F)F)C(F)(F)F)cc4)OC3OC12. The Hall–Kier alpha value is -2.91. The van der Waals surface area contributed by atoms with Crippen molar-refractivity contribution in [2.45, 2.75) is 89.1 Å². The van der Waals surface area contributed by atoms with E-state index in [1.54, 1.807) is 20.8 Å². The first-order valence-corrected chi connectivity index (χ1v) is 11.7. The zero-order valence-electron chi connectivity index (χ0n) is 20.9. The summed E-state index contributed by atoms with van der Waals surface area (Å²) in [7, 11) is 0. The van der Waals surface area contributed by atoms with Gasteiger partial charge >= 0.3 is 30.3 Å².